The van der Waals surface area contributed by atoms with Gasteiger partial charge in [0.1, 0.15) is 23.7 Å². The van der Waals surface area contributed by atoms with Gasteiger partial charge in [0.2, 0.25) is 0 Å². The van der Waals surface area contributed by atoms with Crippen molar-refractivity contribution in [1.82, 2.24) is 19.9 Å². The lowest BCUT2D eigenvalue weighted by atomic mass is 10.2. The van der Waals surface area contributed by atoms with E-state index in [0.29, 0.717) is 24.6 Å². The van der Waals surface area contributed by atoms with Gasteiger partial charge < -0.3 is 15.1 Å². The van der Waals surface area contributed by atoms with Crippen molar-refractivity contribution < 1.29 is 4.79 Å². The fraction of sp³-hybridized carbons (Fsp3) is 0.238. The summed E-state index contributed by atoms with van der Waals surface area (Å²) in [4.78, 5) is 29.7. The van der Waals surface area contributed by atoms with E-state index < -0.39 is 0 Å². The number of hydrogen-bond acceptors (Lipinski definition) is 6. The molecule has 4 rings (SSSR count). The minimum absolute atomic E-state index is 0.0732. The number of para-hydroxylation sites is 1. The minimum Gasteiger partial charge on any atom is -0.353 e. The van der Waals surface area contributed by atoms with Gasteiger partial charge in [-0.2, -0.15) is 0 Å². The zero-order valence-corrected chi connectivity index (χ0v) is 15.7. The number of aryl methyl sites for hydroxylation is 1. The zero-order valence-electron chi connectivity index (χ0n) is 15.7. The number of benzene rings is 1. The summed E-state index contributed by atoms with van der Waals surface area (Å²) in [5.74, 6) is 1.48. The number of pyridine rings is 1. The second kappa shape index (κ2) is 8.04. The first-order chi connectivity index (χ1) is 13.7. The summed E-state index contributed by atoms with van der Waals surface area (Å²) in [6, 6.07) is 15.5. The molecule has 28 heavy (non-hydrogen) atoms. The summed E-state index contributed by atoms with van der Waals surface area (Å²) in [7, 11) is 0. The van der Waals surface area contributed by atoms with Crippen LogP contribution in [0.3, 0.4) is 0 Å². The third kappa shape index (κ3) is 3.93. The molecule has 0 saturated carbocycles. The molecule has 3 heterocycles. The molecule has 1 saturated heterocycles. The first-order valence-electron chi connectivity index (χ1n) is 9.31. The van der Waals surface area contributed by atoms with Crippen molar-refractivity contribution in [1.29, 1.82) is 0 Å². The standard InChI is InChI=1S/C21H22N6O/c1-16-6-2-3-7-17(16)25-19-14-18(23-15-24-19)21(28)27-12-10-26(11-13-27)20-8-4-5-9-22-20/h2-9,14-15H,10-13H2,1H3,(H,23,24,25). The van der Waals surface area contributed by atoms with Crippen molar-refractivity contribution in [3.05, 3.63) is 72.3 Å². The summed E-state index contributed by atoms with van der Waals surface area (Å²) >= 11 is 0. The van der Waals surface area contributed by atoms with Crippen LogP contribution in [0.1, 0.15) is 16.1 Å². The number of nitrogens with zero attached hydrogens (tertiary/aromatic N) is 5. The predicted octanol–water partition coefficient (Wildman–Crippen LogP) is 2.89. The molecule has 7 heteroatoms. The van der Waals surface area contributed by atoms with Crippen molar-refractivity contribution in [3.63, 3.8) is 0 Å². The van der Waals surface area contributed by atoms with Gasteiger partial charge in [-0.05, 0) is 30.7 Å². The lowest BCUT2D eigenvalue weighted by Gasteiger charge is -2.35. The van der Waals surface area contributed by atoms with Gasteiger partial charge in [-0.25, -0.2) is 15.0 Å². The molecule has 0 unspecified atom stereocenters. The molecule has 0 spiro atoms. The number of nitrogens with one attached hydrogen (secondary N) is 1. The molecule has 1 fully saturated rings. The zero-order chi connectivity index (χ0) is 19.3. The van der Waals surface area contributed by atoms with E-state index in [4.69, 9.17) is 0 Å². The molecule has 1 aliphatic rings. The van der Waals surface area contributed by atoms with E-state index in [0.717, 1.165) is 30.2 Å². The molecule has 1 N–H and O–H groups in total. The molecule has 0 aliphatic carbocycles. The van der Waals surface area contributed by atoms with Gasteiger partial charge in [0, 0.05) is 44.1 Å². The summed E-state index contributed by atoms with van der Waals surface area (Å²) in [5.41, 5.74) is 2.47. The van der Waals surface area contributed by atoms with Crippen molar-refractivity contribution >= 4 is 23.2 Å². The smallest absolute Gasteiger partial charge is 0.272 e. The van der Waals surface area contributed by atoms with E-state index in [-0.39, 0.29) is 5.91 Å². The quantitative estimate of drug-likeness (QED) is 0.757. The highest BCUT2D eigenvalue weighted by molar-refractivity contribution is 5.93. The lowest BCUT2D eigenvalue weighted by molar-refractivity contribution is 0.0740. The van der Waals surface area contributed by atoms with Gasteiger partial charge in [0.25, 0.3) is 5.91 Å². The van der Waals surface area contributed by atoms with Crippen molar-refractivity contribution in [3.8, 4) is 0 Å². The van der Waals surface area contributed by atoms with E-state index in [2.05, 4.69) is 25.2 Å². The Labute approximate surface area is 164 Å². The fourth-order valence-corrected chi connectivity index (χ4v) is 3.24. The van der Waals surface area contributed by atoms with Gasteiger partial charge in [0.05, 0.1) is 0 Å². The molecule has 1 aromatic carbocycles. The summed E-state index contributed by atoms with van der Waals surface area (Å²) in [5, 5.41) is 3.26. The molecule has 0 atom stereocenters. The Morgan fingerprint density at radius 1 is 0.964 bits per heavy atom. The largest absolute Gasteiger partial charge is 0.353 e. The monoisotopic (exact) mass is 374 g/mol. The number of amides is 1. The van der Waals surface area contributed by atoms with Crippen LogP contribution in [0.15, 0.2) is 61.1 Å². The van der Waals surface area contributed by atoms with Crippen LogP contribution in [0.25, 0.3) is 0 Å². The number of piperazine rings is 1. The van der Waals surface area contributed by atoms with Crippen LogP contribution in [0.5, 0.6) is 0 Å². The Kier molecular flexibility index (Phi) is 5.14. The first-order valence-corrected chi connectivity index (χ1v) is 9.31. The molecule has 1 aliphatic heterocycles. The molecular weight excluding hydrogens is 352 g/mol. The van der Waals surface area contributed by atoms with E-state index in [1.54, 1.807) is 12.3 Å². The van der Waals surface area contributed by atoms with Crippen LogP contribution in [0, 0.1) is 6.92 Å². The Hall–Kier alpha value is -3.48. The SMILES string of the molecule is Cc1ccccc1Nc1cc(C(=O)N2CCN(c3ccccn3)CC2)ncn1. The number of carbonyl (C=O) groups excluding carboxylic acids is 1. The van der Waals surface area contributed by atoms with Gasteiger partial charge in [-0.3, -0.25) is 4.79 Å². The molecule has 7 nitrogen and oxygen atoms in total. The minimum atomic E-state index is -0.0732. The second-order valence-electron chi connectivity index (χ2n) is 6.70. The summed E-state index contributed by atoms with van der Waals surface area (Å²) < 4.78 is 0. The predicted molar refractivity (Wildman–Crippen MR) is 109 cm³/mol. The van der Waals surface area contributed by atoms with Crippen molar-refractivity contribution in [2.75, 3.05) is 36.4 Å². The van der Waals surface area contributed by atoms with Gasteiger partial charge in [-0.15, -0.1) is 0 Å². The van der Waals surface area contributed by atoms with E-state index in [9.17, 15) is 4.79 Å². The normalized spacial score (nSPS) is 14.0. The number of aromatic nitrogens is 3. The van der Waals surface area contributed by atoms with Crippen LogP contribution >= 0.6 is 0 Å². The molecule has 2 aromatic heterocycles. The van der Waals surface area contributed by atoms with Crippen LogP contribution < -0.4 is 10.2 Å². The third-order valence-corrected chi connectivity index (χ3v) is 4.83. The van der Waals surface area contributed by atoms with E-state index in [1.807, 2.05) is 54.3 Å². The summed E-state index contributed by atoms with van der Waals surface area (Å²) in [6.45, 7) is 4.81. The average Bonchev–Trinajstić information content (AvgIpc) is 2.76. The van der Waals surface area contributed by atoms with E-state index >= 15 is 0 Å². The van der Waals surface area contributed by atoms with E-state index in [1.165, 1.54) is 6.33 Å². The van der Waals surface area contributed by atoms with Gasteiger partial charge >= 0.3 is 0 Å². The maximum atomic E-state index is 12.9. The van der Waals surface area contributed by atoms with Crippen molar-refractivity contribution in [2.45, 2.75) is 6.92 Å². The van der Waals surface area contributed by atoms with Crippen LogP contribution in [0.4, 0.5) is 17.3 Å². The Balaban J connectivity index is 1.42. The third-order valence-electron chi connectivity index (χ3n) is 4.83. The van der Waals surface area contributed by atoms with Gasteiger partial charge in [-0.1, -0.05) is 24.3 Å². The topological polar surface area (TPSA) is 74.2 Å². The Morgan fingerprint density at radius 3 is 2.50 bits per heavy atom. The average molecular weight is 374 g/mol. The number of carbonyl (C=O) groups is 1. The fourth-order valence-electron chi connectivity index (χ4n) is 3.24. The highest BCUT2D eigenvalue weighted by atomic mass is 16.2. The lowest BCUT2D eigenvalue weighted by Crippen LogP contribution is -2.49. The molecule has 1 amide bonds. The maximum Gasteiger partial charge on any atom is 0.272 e. The maximum absolute atomic E-state index is 12.9. The summed E-state index contributed by atoms with van der Waals surface area (Å²) in [6.07, 6.45) is 3.22. The number of hydrogen-bond donors (Lipinski definition) is 1. The molecule has 142 valence electrons. The van der Waals surface area contributed by atoms with Gasteiger partial charge in [0.15, 0.2) is 0 Å². The molecule has 0 radical (unpaired) electrons. The number of rotatable bonds is 4. The highest BCUT2D eigenvalue weighted by Gasteiger charge is 2.23. The molecule has 3 aromatic rings. The molecular formula is C21H22N6O. The highest BCUT2D eigenvalue weighted by Crippen LogP contribution is 2.19. The molecule has 0 bridgehead atoms. The number of anilines is 3. The second-order valence-corrected chi connectivity index (χ2v) is 6.70. The van der Waals surface area contributed by atoms with Crippen LogP contribution in [-0.2, 0) is 0 Å². The van der Waals surface area contributed by atoms with Crippen LogP contribution in [-0.4, -0.2) is 51.9 Å². The van der Waals surface area contributed by atoms with Crippen molar-refractivity contribution in [2.24, 2.45) is 0 Å². The van der Waals surface area contributed by atoms with Crippen LogP contribution in [0.2, 0.25) is 0 Å². The first kappa shape index (κ1) is 17.9. The Bertz CT molecular complexity index is 954. The Morgan fingerprint density at radius 2 is 1.75 bits per heavy atom.